The Morgan fingerprint density at radius 1 is 1.48 bits per heavy atom. The molecule has 1 N–H and O–H groups in total. The summed E-state index contributed by atoms with van der Waals surface area (Å²) in [5.74, 6) is 0.569. The first-order valence-corrected chi connectivity index (χ1v) is 7.08. The molecule has 0 spiro atoms. The van der Waals surface area contributed by atoms with Crippen LogP contribution in [0, 0.1) is 6.92 Å². The van der Waals surface area contributed by atoms with Crippen LogP contribution >= 0.6 is 11.6 Å². The normalized spacial score (nSPS) is 10.5. The van der Waals surface area contributed by atoms with E-state index in [9.17, 15) is 4.79 Å². The van der Waals surface area contributed by atoms with Gasteiger partial charge in [-0.15, -0.1) is 0 Å². The highest BCUT2D eigenvalue weighted by Crippen LogP contribution is 2.21. The average molecular weight is 308 g/mol. The number of hydrogen-bond acceptors (Lipinski definition) is 3. The fraction of sp³-hybridized carbons (Fsp3) is 0.333. The molecule has 2 rings (SSSR count). The minimum absolute atomic E-state index is 0.235. The van der Waals surface area contributed by atoms with Crippen molar-refractivity contribution in [3.63, 3.8) is 0 Å². The number of nitrogens with zero attached hydrogens (tertiary/aromatic N) is 2. The number of hydrogen-bond donors (Lipinski definition) is 1. The monoisotopic (exact) mass is 307 g/mol. The Morgan fingerprint density at radius 2 is 2.24 bits per heavy atom. The lowest BCUT2D eigenvalue weighted by molar-refractivity contribution is 0.0940. The third-order valence-corrected chi connectivity index (χ3v) is 3.64. The van der Waals surface area contributed by atoms with E-state index < -0.39 is 0 Å². The van der Waals surface area contributed by atoms with Gasteiger partial charge in [-0.2, -0.15) is 5.10 Å². The van der Waals surface area contributed by atoms with Gasteiger partial charge < -0.3 is 10.1 Å². The maximum Gasteiger partial charge on any atom is 0.271 e. The van der Waals surface area contributed by atoms with Crippen LogP contribution < -0.4 is 10.1 Å². The molecule has 0 saturated heterocycles. The predicted octanol–water partition coefficient (Wildman–Crippen LogP) is 2.80. The molecule has 112 valence electrons. The third kappa shape index (κ3) is 3.19. The number of amides is 1. The van der Waals surface area contributed by atoms with Crippen LogP contribution in [0.2, 0.25) is 5.02 Å². The molecule has 2 aromatic rings. The van der Waals surface area contributed by atoms with Crippen LogP contribution in [0.3, 0.4) is 0 Å². The summed E-state index contributed by atoms with van der Waals surface area (Å²) in [4.78, 5) is 12.3. The van der Waals surface area contributed by atoms with Gasteiger partial charge in [-0.25, -0.2) is 0 Å². The minimum Gasteiger partial charge on any atom is -0.496 e. The molecule has 0 aliphatic carbocycles. The highest BCUT2D eigenvalue weighted by atomic mass is 35.5. The average Bonchev–Trinajstić information content (AvgIpc) is 2.87. The fourth-order valence-electron chi connectivity index (χ4n) is 2.16. The molecule has 1 aromatic heterocycles. The molecule has 5 nitrogen and oxygen atoms in total. The number of aromatic nitrogens is 2. The number of halogens is 1. The second-order valence-electron chi connectivity index (χ2n) is 4.58. The molecule has 1 amide bonds. The Balaban J connectivity index is 2.13. The highest BCUT2D eigenvalue weighted by Gasteiger charge is 2.16. The number of carbonyl (C=O) groups excluding carboxylic acids is 1. The van der Waals surface area contributed by atoms with Gasteiger partial charge in [0.25, 0.3) is 5.91 Å². The number of aryl methyl sites for hydroxylation is 1. The molecule has 0 saturated carbocycles. The van der Waals surface area contributed by atoms with Crippen molar-refractivity contribution in [2.45, 2.75) is 26.9 Å². The summed E-state index contributed by atoms with van der Waals surface area (Å²) < 4.78 is 6.85. The Morgan fingerprint density at radius 3 is 2.90 bits per heavy atom. The van der Waals surface area contributed by atoms with Gasteiger partial charge in [-0.3, -0.25) is 9.48 Å². The lowest BCUT2D eigenvalue weighted by atomic mass is 10.1. The van der Waals surface area contributed by atoms with Crippen molar-refractivity contribution in [3.8, 4) is 5.75 Å². The maximum absolute atomic E-state index is 12.3. The highest BCUT2D eigenvalue weighted by molar-refractivity contribution is 6.33. The van der Waals surface area contributed by atoms with Crippen LogP contribution in [0.4, 0.5) is 0 Å². The van der Waals surface area contributed by atoms with Crippen LogP contribution in [-0.4, -0.2) is 22.8 Å². The number of rotatable bonds is 5. The molecule has 1 aromatic carbocycles. The molecule has 0 radical (unpaired) electrons. The fourth-order valence-corrected chi connectivity index (χ4v) is 2.39. The predicted molar refractivity (Wildman–Crippen MR) is 81.8 cm³/mol. The summed E-state index contributed by atoms with van der Waals surface area (Å²) in [6.07, 6.45) is 1.48. The van der Waals surface area contributed by atoms with E-state index in [1.807, 2.05) is 32.0 Å². The first-order chi connectivity index (χ1) is 10.1. The summed E-state index contributed by atoms with van der Waals surface area (Å²) in [6, 6.07) is 5.75. The van der Waals surface area contributed by atoms with Gasteiger partial charge in [0.05, 0.1) is 18.3 Å². The van der Waals surface area contributed by atoms with Crippen molar-refractivity contribution in [1.29, 1.82) is 0 Å². The number of carbonyl (C=O) groups is 1. The Bertz CT molecular complexity index is 652. The molecule has 0 atom stereocenters. The van der Waals surface area contributed by atoms with E-state index in [0.717, 1.165) is 16.9 Å². The van der Waals surface area contributed by atoms with E-state index in [2.05, 4.69) is 10.4 Å². The maximum atomic E-state index is 12.3. The molecule has 21 heavy (non-hydrogen) atoms. The summed E-state index contributed by atoms with van der Waals surface area (Å²) in [5, 5.41) is 7.29. The summed E-state index contributed by atoms with van der Waals surface area (Å²) >= 11 is 6.02. The second kappa shape index (κ2) is 6.63. The van der Waals surface area contributed by atoms with E-state index in [1.54, 1.807) is 11.8 Å². The molecule has 6 heteroatoms. The number of benzene rings is 1. The topological polar surface area (TPSA) is 56.2 Å². The van der Waals surface area contributed by atoms with E-state index in [0.29, 0.717) is 23.8 Å². The second-order valence-corrected chi connectivity index (χ2v) is 4.99. The summed E-state index contributed by atoms with van der Waals surface area (Å²) in [5.41, 5.74) is 2.40. The largest absolute Gasteiger partial charge is 0.496 e. The van der Waals surface area contributed by atoms with Gasteiger partial charge in [0, 0.05) is 13.1 Å². The quantitative estimate of drug-likeness (QED) is 0.924. The zero-order chi connectivity index (χ0) is 15.4. The summed E-state index contributed by atoms with van der Waals surface area (Å²) in [7, 11) is 1.63. The minimum atomic E-state index is -0.235. The van der Waals surface area contributed by atoms with E-state index >= 15 is 0 Å². The van der Waals surface area contributed by atoms with Crippen LogP contribution in [0.5, 0.6) is 5.75 Å². The SMILES string of the molecule is CCn1ncc(Cl)c1C(=O)NCc1cccc(OC)c1C. The van der Waals surface area contributed by atoms with Gasteiger partial charge >= 0.3 is 0 Å². The van der Waals surface area contributed by atoms with Crippen LogP contribution in [0.15, 0.2) is 24.4 Å². The standard InChI is InChI=1S/C15H18ClN3O2/c1-4-19-14(12(16)9-18-19)15(20)17-8-11-6-5-7-13(21-3)10(11)2/h5-7,9H,4,8H2,1-3H3,(H,17,20). The van der Waals surface area contributed by atoms with Crippen molar-refractivity contribution < 1.29 is 9.53 Å². The number of ether oxygens (including phenoxy) is 1. The van der Waals surface area contributed by atoms with Crippen LogP contribution in [0.25, 0.3) is 0 Å². The van der Waals surface area contributed by atoms with Gasteiger partial charge in [0.15, 0.2) is 0 Å². The molecular weight excluding hydrogens is 290 g/mol. The molecule has 0 aliphatic heterocycles. The molecule has 0 unspecified atom stereocenters. The van der Waals surface area contributed by atoms with E-state index in [1.165, 1.54) is 6.20 Å². The first-order valence-electron chi connectivity index (χ1n) is 6.70. The van der Waals surface area contributed by atoms with Gasteiger partial charge in [0.2, 0.25) is 0 Å². The van der Waals surface area contributed by atoms with Gasteiger partial charge in [-0.1, -0.05) is 23.7 Å². The van der Waals surface area contributed by atoms with Gasteiger partial charge in [0.1, 0.15) is 11.4 Å². The molecule has 1 heterocycles. The summed E-state index contributed by atoms with van der Waals surface area (Å²) in [6.45, 7) is 4.87. The molecule has 0 bridgehead atoms. The Kier molecular flexibility index (Phi) is 4.85. The number of nitrogens with one attached hydrogen (secondary N) is 1. The third-order valence-electron chi connectivity index (χ3n) is 3.37. The van der Waals surface area contributed by atoms with Crippen LogP contribution in [0.1, 0.15) is 28.5 Å². The van der Waals surface area contributed by atoms with Crippen molar-refractivity contribution in [2.24, 2.45) is 0 Å². The Hall–Kier alpha value is -2.01. The molecular formula is C15H18ClN3O2. The Labute approximate surface area is 128 Å². The van der Waals surface area contributed by atoms with Crippen molar-refractivity contribution >= 4 is 17.5 Å². The van der Waals surface area contributed by atoms with E-state index in [-0.39, 0.29) is 5.91 Å². The van der Waals surface area contributed by atoms with E-state index in [4.69, 9.17) is 16.3 Å². The first kappa shape index (κ1) is 15.4. The van der Waals surface area contributed by atoms with Crippen molar-refractivity contribution in [1.82, 2.24) is 15.1 Å². The zero-order valence-corrected chi connectivity index (χ0v) is 13.1. The lowest BCUT2D eigenvalue weighted by Crippen LogP contribution is -2.26. The lowest BCUT2D eigenvalue weighted by Gasteiger charge is -2.12. The zero-order valence-electron chi connectivity index (χ0n) is 12.3. The van der Waals surface area contributed by atoms with Gasteiger partial charge in [-0.05, 0) is 31.0 Å². The van der Waals surface area contributed by atoms with Crippen molar-refractivity contribution in [3.05, 3.63) is 46.2 Å². The van der Waals surface area contributed by atoms with Crippen LogP contribution in [-0.2, 0) is 13.1 Å². The van der Waals surface area contributed by atoms with Crippen molar-refractivity contribution in [2.75, 3.05) is 7.11 Å². The smallest absolute Gasteiger partial charge is 0.271 e. The molecule has 0 fully saturated rings. The number of methoxy groups -OCH3 is 1. The molecule has 0 aliphatic rings.